The van der Waals surface area contributed by atoms with E-state index in [1.807, 2.05) is 0 Å². The molecule has 0 aliphatic carbocycles. The lowest BCUT2D eigenvalue weighted by atomic mass is 10.3. The summed E-state index contributed by atoms with van der Waals surface area (Å²) in [6.07, 6.45) is 0. The van der Waals surface area contributed by atoms with Gasteiger partial charge < -0.3 is 0 Å². The van der Waals surface area contributed by atoms with Crippen molar-refractivity contribution in [3.63, 3.8) is 0 Å². The van der Waals surface area contributed by atoms with E-state index >= 15 is 0 Å². The lowest BCUT2D eigenvalue weighted by Crippen LogP contribution is -2.28. The van der Waals surface area contributed by atoms with E-state index in [4.69, 9.17) is 0 Å². The van der Waals surface area contributed by atoms with Crippen molar-refractivity contribution in [3.05, 3.63) is 0 Å². The third-order valence-corrected chi connectivity index (χ3v) is 4.34. The summed E-state index contributed by atoms with van der Waals surface area (Å²) in [5.41, 5.74) is 0. The maximum Gasteiger partial charge on any atom is 0.280 e. The Bertz CT molecular complexity index is 242. The highest BCUT2D eigenvalue weighted by atomic mass is 32.3. The predicted molar refractivity (Wildman–Crippen MR) is 37.0 cm³/mol. The summed E-state index contributed by atoms with van der Waals surface area (Å²) >= 11 is -1.63. The van der Waals surface area contributed by atoms with E-state index in [0.29, 0.717) is 5.75 Å². The minimum atomic E-state index is -3.48. The molecule has 0 amide bonds. The fourth-order valence-electron chi connectivity index (χ4n) is 0.800. The second-order valence-corrected chi connectivity index (χ2v) is 5.30. The molecule has 1 heterocycles. The molecule has 0 spiro atoms. The van der Waals surface area contributed by atoms with E-state index < -0.39 is 21.2 Å². The van der Waals surface area contributed by atoms with E-state index in [2.05, 4.69) is 3.63 Å². The zero-order valence-corrected chi connectivity index (χ0v) is 7.07. The second kappa shape index (κ2) is 2.60. The summed E-state index contributed by atoms with van der Waals surface area (Å²) in [5.74, 6) is 0.248. The van der Waals surface area contributed by atoms with Crippen molar-refractivity contribution in [1.29, 1.82) is 0 Å². The molecule has 2 unspecified atom stereocenters. The normalized spacial score (nSPS) is 39.3. The Balaban J connectivity index is 2.79. The van der Waals surface area contributed by atoms with Crippen molar-refractivity contribution >= 4 is 21.2 Å². The summed E-state index contributed by atoms with van der Waals surface area (Å²) in [6.45, 7) is 1.73. The standard InChI is InChI=1S/C4H8O4S2/c1-4-2-9(5)8-10(6,7)3-4/h4H,2-3H2,1H3. The summed E-state index contributed by atoms with van der Waals surface area (Å²) < 4.78 is 36.1. The van der Waals surface area contributed by atoms with Gasteiger partial charge in [-0.2, -0.15) is 12.0 Å². The van der Waals surface area contributed by atoms with Crippen molar-refractivity contribution in [1.82, 2.24) is 0 Å². The van der Waals surface area contributed by atoms with E-state index in [0.717, 1.165) is 0 Å². The van der Waals surface area contributed by atoms with Gasteiger partial charge in [0.1, 0.15) is 0 Å². The average molecular weight is 184 g/mol. The monoisotopic (exact) mass is 184 g/mol. The molecule has 10 heavy (non-hydrogen) atoms. The number of rotatable bonds is 0. The fraction of sp³-hybridized carbons (Fsp3) is 1.00. The van der Waals surface area contributed by atoms with Crippen molar-refractivity contribution < 1.29 is 16.3 Å². The van der Waals surface area contributed by atoms with Crippen LogP contribution in [0.3, 0.4) is 0 Å². The molecule has 6 heteroatoms. The molecule has 0 aromatic carbocycles. The highest BCUT2D eigenvalue weighted by molar-refractivity contribution is 7.97. The first-order valence-electron chi connectivity index (χ1n) is 2.80. The molecule has 2 atom stereocenters. The molecule has 60 valence electrons. The molecular formula is C4H8O4S2. The van der Waals surface area contributed by atoms with Gasteiger partial charge in [0, 0.05) is 0 Å². The zero-order valence-electron chi connectivity index (χ0n) is 5.44. The summed E-state index contributed by atoms with van der Waals surface area (Å²) in [7, 11) is -3.48. The van der Waals surface area contributed by atoms with Crippen LogP contribution in [0.1, 0.15) is 6.92 Å². The van der Waals surface area contributed by atoms with Crippen LogP contribution < -0.4 is 0 Å². The first-order valence-corrected chi connectivity index (χ1v) is 5.63. The van der Waals surface area contributed by atoms with E-state index in [1.165, 1.54) is 0 Å². The molecule has 0 bridgehead atoms. The third-order valence-electron chi connectivity index (χ3n) is 1.09. The zero-order chi connectivity index (χ0) is 7.78. The fourth-order valence-corrected chi connectivity index (χ4v) is 3.72. The molecule has 0 N–H and O–H groups in total. The van der Waals surface area contributed by atoms with Gasteiger partial charge in [0.25, 0.3) is 10.1 Å². The SMILES string of the molecule is CC1CS(=O)OS(=O)(=O)C1. The van der Waals surface area contributed by atoms with Crippen LogP contribution in [0.5, 0.6) is 0 Å². The molecule has 0 aromatic rings. The molecule has 1 fully saturated rings. The second-order valence-electron chi connectivity index (χ2n) is 2.37. The van der Waals surface area contributed by atoms with Gasteiger partial charge in [-0.1, -0.05) is 6.92 Å². The van der Waals surface area contributed by atoms with Gasteiger partial charge in [0.2, 0.25) is 0 Å². The molecule has 1 rings (SSSR count). The summed E-state index contributed by atoms with van der Waals surface area (Å²) in [4.78, 5) is 0. The van der Waals surface area contributed by atoms with Gasteiger partial charge in [0.15, 0.2) is 11.1 Å². The number of hydrogen-bond donors (Lipinski definition) is 0. The molecule has 0 aromatic heterocycles. The third kappa shape index (κ3) is 2.03. The van der Waals surface area contributed by atoms with Gasteiger partial charge in [-0.25, -0.2) is 4.21 Å². The van der Waals surface area contributed by atoms with Crippen LogP contribution in [0, 0.1) is 5.92 Å². The van der Waals surface area contributed by atoms with Crippen LogP contribution in [0.2, 0.25) is 0 Å². The smallest absolute Gasteiger partial charge is 0.229 e. The quantitative estimate of drug-likeness (QED) is 0.516. The Labute approximate surface area is 62.4 Å². The molecule has 0 saturated carbocycles. The van der Waals surface area contributed by atoms with Crippen LogP contribution in [0.4, 0.5) is 0 Å². The van der Waals surface area contributed by atoms with E-state index in [-0.39, 0.29) is 11.7 Å². The van der Waals surface area contributed by atoms with Gasteiger partial charge in [-0.15, -0.1) is 0 Å². The summed E-state index contributed by atoms with van der Waals surface area (Å²) in [6, 6.07) is 0. The maximum absolute atomic E-state index is 10.7. The van der Waals surface area contributed by atoms with Gasteiger partial charge >= 0.3 is 0 Å². The van der Waals surface area contributed by atoms with Gasteiger partial charge in [-0.3, -0.25) is 0 Å². The predicted octanol–water partition coefficient (Wildman–Crippen LogP) is -0.354. The molecule has 1 aliphatic heterocycles. The Morgan fingerprint density at radius 3 is 2.60 bits per heavy atom. The van der Waals surface area contributed by atoms with Crippen LogP contribution >= 0.6 is 0 Å². The van der Waals surface area contributed by atoms with Crippen LogP contribution in [-0.4, -0.2) is 24.1 Å². The Hall–Kier alpha value is 0.0600. The van der Waals surface area contributed by atoms with Gasteiger partial charge in [0.05, 0.1) is 11.5 Å². The highest BCUT2D eigenvalue weighted by Crippen LogP contribution is 2.13. The first-order chi connectivity index (χ1) is 4.49. The molecule has 4 nitrogen and oxygen atoms in total. The van der Waals surface area contributed by atoms with Crippen molar-refractivity contribution in [2.45, 2.75) is 6.92 Å². The average Bonchev–Trinajstić information content (AvgIpc) is 1.54. The largest absolute Gasteiger partial charge is 0.280 e. The molecule has 1 saturated heterocycles. The van der Waals surface area contributed by atoms with Crippen LogP contribution in [0.15, 0.2) is 0 Å². The minimum absolute atomic E-state index is 0.0151. The van der Waals surface area contributed by atoms with Crippen molar-refractivity contribution in [3.8, 4) is 0 Å². The maximum atomic E-state index is 10.7. The summed E-state index contributed by atoms with van der Waals surface area (Å²) in [5, 5.41) is 0. The number of hydrogen-bond acceptors (Lipinski definition) is 4. The molecule has 1 aliphatic rings. The van der Waals surface area contributed by atoms with Crippen LogP contribution in [-0.2, 0) is 24.8 Å². The topological polar surface area (TPSA) is 60.4 Å². The highest BCUT2D eigenvalue weighted by Gasteiger charge is 2.27. The van der Waals surface area contributed by atoms with Gasteiger partial charge in [-0.05, 0) is 5.92 Å². The molecular weight excluding hydrogens is 176 g/mol. The lowest BCUT2D eigenvalue weighted by Gasteiger charge is -2.15. The Kier molecular flexibility index (Phi) is 2.12. The van der Waals surface area contributed by atoms with Crippen molar-refractivity contribution in [2.75, 3.05) is 11.5 Å². The van der Waals surface area contributed by atoms with E-state index in [1.54, 1.807) is 6.92 Å². The first kappa shape index (κ1) is 8.16. The lowest BCUT2D eigenvalue weighted by molar-refractivity contribution is 0.470. The minimum Gasteiger partial charge on any atom is -0.229 e. The Morgan fingerprint density at radius 2 is 2.20 bits per heavy atom. The van der Waals surface area contributed by atoms with Crippen LogP contribution in [0.25, 0.3) is 0 Å². The molecule has 0 radical (unpaired) electrons. The van der Waals surface area contributed by atoms with Crippen molar-refractivity contribution in [2.24, 2.45) is 5.92 Å². The van der Waals surface area contributed by atoms with E-state index in [9.17, 15) is 12.6 Å². The Morgan fingerprint density at radius 1 is 1.60 bits per heavy atom.